The van der Waals surface area contributed by atoms with Gasteiger partial charge in [0.05, 0.1) is 26.7 Å². The van der Waals surface area contributed by atoms with Crippen molar-refractivity contribution in [3.63, 3.8) is 0 Å². The molecule has 3 aromatic carbocycles. The van der Waals surface area contributed by atoms with Gasteiger partial charge in [0.15, 0.2) is 0 Å². The number of imide groups is 1. The van der Waals surface area contributed by atoms with Crippen LogP contribution in [0, 0.1) is 12.8 Å². The second-order valence-electron chi connectivity index (χ2n) is 9.52. The zero-order valence-electron chi connectivity index (χ0n) is 21.0. The molecular formula is C29H21Cl2N3O4S2. The maximum absolute atomic E-state index is 13.9. The number of para-hydroxylation sites is 2. The van der Waals surface area contributed by atoms with E-state index in [2.05, 4.69) is 5.32 Å². The van der Waals surface area contributed by atoms with Crippen LogP contribution in [0.1, 0.15) is 21.9 Å². The molecule has 3 heterocycles. The van der Waals surface area contributed by atoms with Crippen LogP contribution in [0.5, 0.6) is 0 Å². The topological polar surface area (TPSA) is 88.5 Å². The van der Waals surface area contributed by atoms with Crippen LogP contribution in [0.25, 0.3) is 0 Å². The highest BCUT2D eigenvalue weighted by Gasteiger charge is 2.57. The minimum atomic E-state index is -0.820. The summed E-state index contributed by atoms with van der Waals surface area (Å²) < 4.78 is 1.38. The molecule has 4 aromatic rings. The highest BCUT2D eigenvalue weighted by Crippen LogP contribution is 2.55. The number of aromatic nitrogens is 1. The molecule has 0 bridgehead atoms. The molecule has 0 saturated carbocycles. The Labute approximate surface area is 247 Å². The number of hydrogen-bond donors (Lipinski definition) is 1. The Morgan fingerprint density at radius 3 is 2.40 bits per heavy atom. The van der Waals surface area contributed by atoms with Crippen LogP contribution in [0.4, 0.5) is 11.4 Å². The van der Waals surface area contributed by atoms with Gasteiger partial charge in [-0.15, -0.1) is 0 Å². The molecule has 0 aliphatic carbocycles. The standard InChI is InChI=1S/C29H21Cl2N3O4S2/c1-15-8-5-6-13-19(15)32-20(35)14-33-28-25(40-29(33)38)21(17-11-7-12-18(30)23(17)31)22-24(39-28)27(37)34(26(22)36)16-9-3-2-4-10-16/h2-13,21-22,24H,14H2,1H3,(H,32,35)/t21-,22?,24?/m1/s1. The van der Waals surface area contributed by atoms with Gasteiger partial charge in [-0.1, -0.05) is 94.8 Å². The van der Waals surface area contributed by atoms with Crippen LogP contribution in [-0.4, -0.2) is 27.5 Å². The summed E-state index contributed by atoms with van der Waals surface area (Å²) in [5, 5.41) is 3.08. The first-order valence-corrected chi connectivity index (χ1v) is 14.8. The van der Waals surface area contributed by atoms with Crippen molar-refractivity contribution in [1.29, 1.82) is 0 Å². The van der Waals surface area contributed by atoms with Gasteiger partial charge in [-0.05, 0) is 42.3 Å². The summed E-state index contributed by atoms with van der Waals surface area (Å²) in [6, 6.07) is 21.2. The lowest BCUT2D eigenvalue weighted by Gasteiger charge is -2.31. The molecule has 7 nitrogen and oxygen atoms in total. The molecule has 0 radical (unpaired) electrons. The number of nitrogens with one attached hydrogen (secondary N) is 1. The van der Waals surface area contributed by atoms with Crippen molar-refractivity contribution in [1.82, 2.24) is 4.57 Å². The Hall–Kier alpha value is -3.37. The Kier molecular flexibility index (Phi) is 7.08. The summed E-state index contributed by atoms with van der Waals surface area (Å²) >= 11 is 15.1. The number of halogens is 2. The number of aryl methyl sites for hydroxylation is 1. The lowest BCUT2D eigenvalue weighted by Crippen LogP contribution is -2.33. The number of anilines is 2. The predicted octanol–water partition coefficient (Wildman–Crippen LogP) is 5.96. The van der Waals surface area contributed by atoms with Gasteiger partial charge in [-0.2, -0.15) is 0 Å². The number of amides is 3. The highest BCUT2D eigenvalue weighted by atomic mass is 35.5. The van der Waals surface area contributed by atoms with Crippen LogP contribution in [-0.2, 0) is 20.9 Å². The molecule has 1 saturated heterocycles. The van der Waals surface area contributed by atoms with Gasteiger partial charge in [0.25, 0.3) is 0 Å². The molecule has 2 aliphatic rings. The number of benzene rings is 3. The molecule has 6 rings (SSSR count). The highest BCUT2D eigenvalue weighted by molar-refractivity contribution is 8.00. The molecule has 2 aliphatic heterocycles. The van der Waals surface area contributed by atoms with E-state index in [0.29, 0.717) is 31.9 Å². The summed E-state index contributed by atoms with van der Waals surface area (Å²) in [5.74, 6) is -2.64. The van der Waals surface area contributed by atoms with Gasteiger partial charge in [-0.3, -0.25) is 23.7 Å². The van der Waals surface area contributed by atoms with Crippen molar-refractivity contribution in [3.8, 4) is 0 Å². The number of nitrogens with zero attached hydrogens (tertiary/aromatic N) is 2. The van der Waals surface area contributed by atoms with Gasteiger partial charge < -0.3 is 5.32 Å². The van der Waals surface area contributed by atoms with Gasteiger partial charge in [-0.25, -0.2) is 4.90 Å². The van der Waals surface area contributed by atoms with E-state index in [1.807, 2.05) is 31.2 Å². The molecule has 2 unspecified atom stereocenters. The van der Waals surface area contributed by atoms with E-state index in [4.69, 9.17) is 23.2 Å². The maximum Gasteiger partial charge on any atom is 0.308 e. The summed E-state index contributed by atoms with van der Waals surface area (Å²) in [5.41, 5.74) is 2.57. The fraction of sp³-hybridized carbons (Fsp3) is 0.172. The summed E-state index contributed by atoms with van der Waals surface area (Å²) in [7, 11) is 0. The molecule has 1 fully saturated rings. The van der Waals surface area contributed by atoms with Crippen molar-refractivity contribution < 1.29 is 14.4 Å². The minimum Gasteiger partial charge on any atom is -0.324 e. The van der Waals surface area contributed by atoms with Crippen molar-refractivity contribution in [2.75, 3.05) is 10.2 Å². The van der Waals surface area contributed by atoms with Crippen LogP contribution in [0.3, 0.4) is 0 Å². The third kappa shape index (κ3) is 4.47. The minimum absolute atomic E-state index is 0.246. The first-order valence-electron chi connectivity index (χ1n) is 12.4. The molecule has 1 N–H and O–H groups in total. The van der Waals surface area contributed by atoms with E-state index in [0.717, 1.165) is 28.7 Å². The monoisotopic (exact) mass is 609 g/mol. The number of fused-ring (bicyclic) bond motifs is 2. The largest absolute Gasteiger partial charge is 0.324 e. The van der Waals surface area contributed by atoms with Gasteiger partial charge in [0, 0.05) is 16.5 Å². The van der Waals surface area contributed by atoms with Crippen molar-refractivity contribution in [2.45, 2.75) is 29.7 Å². The molecule has 40 heavy (non-hydrogen) atoms. The normalized spacial score (nSPS) is 19.9. The second-order valence-corrected chi connectivity index (χ2v) is 12.4. The van der Waals surface area contributed by atoms with E-state index in [1.54, 1.807) is 48.5 Å². The molecular weight excluding hydrogens is 589 g/mol. The molecule has 202 valence electrons. The summed E-state index contributed by atoms with van der Waals surface area (Å²) in [6.07, 6.45) is 0. The average molecular weight is 611 g/mol. The smallest absolute Gasteiger partial charge is 0.308 e. The van der Waals surface area contributed by atoms with E-state index in [9.17, 15) is 19.2 Å². The Bertz CT molecular complexity index is 1740. The number of carbonyl (C=O) groups is 3. The number of thiazole rings is 1. The second kappa shape index (κ2) is 10.6. The third-order valence-corrected chi connectivity index (χ3v) is 10.5. The summed E-state index contributed by atoms with van der Waals surface area (Å²) in [6.45, 7) is 1.63. The fourth-order valence-electron chi connectivity index (χ4n) is 5.23. The Morgan fingerprint density at radius 2 is 1.65 bits per heavy atom. The third-order valence-electron chi connectivity index (χ3n) is 7.10. The van der Waals surface area contributed by atoms with E-state index >= 15 is 0 Å². The van der Waals surface area contributed by atoms with Gasteiger partial charge in [0.1, 0.15) is 11.8 Å². The molecule has 3 atom stereocenters. The molecule has 0 spiro atoms. The summed E-state index contributed by atoms with van der Waals surface area (Å²) in [4.78, 5) is 55.5. The SMILES string of the molecule is Cc1ccccc1NC(=O)Cn1c2c(sc1=O)[C@H](c1cccc(Cl)c1Cl)C1C(=O)N(c3ccccc3)C(=O)C1S2. The van der Waals surface area contributed by atoms with Crippen LogP contribution >= 0.6 is 46.3 Å². The lowest BCUT2D eigenvalue weighted by atomic mass is 9.83. The van der Waals surface area contributed by atoms with Gasteiger partial charge >= 0.3 is 4.87 Å². The number of rotatable bonds is 5. The predicted molar refractivity (Wildman–Crippen MR) is 159 cm³/mol. The maximum atomic E-state index is 13.9. The lowest BCUT2D eigenvalue weighted by molar-refractivity contribution is -0.122. The first kappa shape index (κ1) is 26.8. The van der Waals surface area contributed by atoms with Crippen LogP contribution < -0.4 is 15.1 Å². The van der Waals surface area contributed by atoms with E-state index < -0.39 is 17.1 Å². The van der Waals surface area contributed by atoms with Crippen molar-refractivity contribution >= 4 is 75.4 Å². The fourth-order valence-corrected chi connectivity index (χ4v) is 8.42. The van der Waals surface area contributed by atoms with Crippen LogP contribution in [0.2, 0.25) is 10.0 Å². The van der Waals surface area contributed by atoms with Crippen LogP contribution in [0.15, 0.2) is 82.6 Å². The van der Waals surface area contributed by atoms with E-state index in [-0.39, 0.29) is 34.2 Å². The molecule has 1 aromatic heterocycles. The zero-order valence-corrected chi connectivity index (χ0v) is 24.1. The number of thioether (sulfide) groups is 1. The molecule has 3 amide bonds. The van der Waals surface area contributed by atoms with Gasteiger partial charge in [0.2, 0.25) is 17.7 Å². The zero-order chi connectivity index (χ0) is 28.1. The van der Waals surface area contributed by atoms with Crippen molar-refractivity contribution in [2.24, 2.45) is 5.92 Å². The average Bonchev–Trinajstić information content (AvgIpc) is 3.38. The number of carbonyl (C=O) groups excluding carboxylic acids is 3. The number of hydrogen-bond acceptors (Lipinski definition) is 6. The first-order chi connectivity index (χ1) is 19.3. The quantitative estimate of drug-likeness (QED) is 0.282. The van der Waals surface area contributed by atoms with Crippen molar-refractivity contribution in [3.05, 3.63) is 109 Å². The Morgan fingerprint density at radius 1 is 0.925 bits per heavy atom. The Balaban J connectivity index is 1.45. The molecule has 11 heteroatoms. The van der Waals surface area contributed by atoms with E-state index in [1.165, 1.54) is 9.47 Å².